The highest BCUT2D eigenvalue weighted by Crippen LogP contribution is 2.35. The molecule has 41 heavy (non-hydrogen) atoms. The van der Waals surface area contributed by atoms with Crippen LogP contribution in [0.25, 0.3) is 22.6 Å². The van der Waals surface area contributed by atoms with Gasteiger partial charge in [0.2, 0.25) is 11.8 Å². The number of pyridine rings is 1. The largest absolute Gasteiger partial charge is 0.436 e. The van der Waals surface area contributed by atoms with E-state index in [0.717, 1.165) is 5.56 Å². The van der Waals surface area contributed by atoms with Crippen molar-refractivity contribution in [3.8, 4) is 11.5 Å². The maximum absolute atomic E-state index is 13.2. The molecule has 2 amide bonds. The van der Waals surface area contributed by atoms with Crippen molar-refractivity contribution < 1.29 is 18.4 Å². The fourth-order valence-electron chi connectivity index (χ4n) is 4.47. The van der Waals surface area contributed by atoms with Gasteiger partial charge in [-0.2, -0.15) is 0 Å². The minimum atomic E-state index is -1.07. The fourth-order valence-corrected chi connectivity index (χ4v) is 4.47. The van der Waals surface area contributed by atoms with Gasteiger partial charge in [0.05, 0.1) is 12.0 Å². The molecule has 0 radical (unpaired) electrons. The number of fused-ring (bicyclic) bond motifs is 1. The number of alkyl halides is 1. The Morgan fingerprint density at radius 1 is 1.15 bits per heavy atom. The van der Waals surface area contributed by atoms with Gasteiger partial charge in [-0.15, -0.1) is 10.6 Å². The van der Waals surface area contributed by atoms with Crippen LogP contribution < -0.4 is 26.9 Å². The number of halogens is 1. The van der Waals surface area contributed by atoms with Gasteiger partial charge >= 0.3 is 0 Å². The molecule has 6 rings (SSSR count). The van der Waals surface area contributed by atoms with Crippen molar-refractivity contribution in [2.45, 2.75) is 18.6 Å². The molecular formula is C28H28FN9O3. The first-order chi connectivity index (χ1) is 19.9. The highest BCUT2D eigenvalue weighted by Gasteiger charge is 2.43. The molecule has 4 aromatic rings. The average Bonchev–Trinajstić information content (AvgIpc) is 3.35. The van der Waals surface area contributed by atoms with Crippen molar-refractivity contribution in [2.75, 3.05) is 25.5 Å². The molecule has 3 heterocycles. The molecule has 1 aliphatic heterocycles. The van der Waals surface area contributed by atoms with E-state index in [0.29, 0.717) is 47.2 Å². The molecule has 12 nitrogen and oxygen atoms in total. The Morgan fingerprint density at radius 2 is 1.98 bits per heavy atom. The van der Waals surface area contributed by atoms with Crippen molar-refractivity contribution in [3.63, 3.8) is 0 Å². The number of carbonyl (C=O) groups excluding carboxylic acids is 2. The number of hydrogen-bond acceptors (Lipinski definition) is 10. The standard InChI is InChI=1S/C28H28FN9O3/c1-38-36-25(35-37-38)24(16-5-3-2-4-6-16)31-11-12-32-27(40)22-13-17(9-10-30-22)28-34-21-14-18(7-8-23(21)41-28)33-26(39)19-15-20(19)29/h2-10,13-14,19-20,24,31,37H,11-12,15H2,1H3,(H,32,40)(H,33,39)(H,35,36)/t19-,20-,24?/m0/s1. The van der Waals surface area contributed by atoms with Gasteiger partial charge in [0.15, 0.2) is 11.4 Å². The zero-order valence-electron chi connectivity index (χ0n) is 22.1. The minimum absolute atomic E-state index is 0.200. The number of hydrogen-bond donors (Lipinski definition) is 5. The van der Waals surface area contributed by atoms with Gasteiger partial charge in [-0.1, -0.05) is 30.3 Å². The molecule has 1 unspecified atom stereocenters. The first-order valence-corrected chi connectivity index (χ1v) is 13.2. The zero-order valence-corrected chi connectivity index (χ0v) is 22.1. The lowest BCUT2D eigenvalue weighted by atomic mass is 10.1. The number of hydrazone groups is 1. The van der Waals surface area contributed by atoms with Gasteiger partial charge in [0, 0.05) is 37.6 Å². The number of hydrazine groups is 2. The number of amidine groups is 1. The number of aromatic nitrogens is 2. The summed E-state index contributed by atoms with van der Waals surface area (Å²) in [5.74, 6) is -0.246. The normalized spacial score (nSPS) is 18.5. The van der Waals surface area contributed by atoms with E-state index in [-0.39, 0.29) is 30.0 Å². The molecule has 1 saturated carbocycles. The first-order valence-electron chi connectivity index (χ1n) is 13.2. The SMILES string of the molecule is CN1N=C(C(NCCNC(=O)c2cc(-c3nc4cc(NC(=O)[C@H]5C[C@@H]5F)ccc4o3)ccn2)c2ccccc2)NN1. The van der Waals surface area contributed by atoms with E-state index >= 15 is 0 Å². The van der Waals surface area contributed by atoms with Crippen LogP contribution in [0.5, 0.6) is 0 Å². The summed E-state index contributed by atoms with van der Waals surface area (Å²) in [7, 11) is 1.79. The van der Waals surface area contributed by atoms with E-state index in [1.165, 1.54) is 6.20 Å². The van der Waals surface area contributed by atoms with Gasteiger partial charge in [-0.25, -0.2) is 14.5 Å². The zero-order chi connectivity index (χ0) is 28.3. The summed E-state index contributed by atoms with van der Waals surface area (Å²) < 4.78 is 19.0. The lowest BCUT2D eigenvalue weighted by Gasteiger charge is -2.18. The van der Waals surface area contributed by atoms with Crippen LogP contribution in [0.1, 0.15) is 28.5 Å². The molecule has 210 valence electrons. The second-order valence-electron chi connectivity index (χ2n) is 9.78. The lowest BCUT2D eigenvalue weighted by Crippen LogP contribution is -2.43. The summed E-state index contributed by atoms with van der Waals surface area (Å²) in [5, 5.41) is 15.0. The van der Waals surface area contributed by atoms with Gasteiger partial charge in [0.25, 0.3) is 5.91 Å². The maximum Gasteiger partial charge on any atom is 0.269 e. The number of nitrogens with one attached hydrogen (secondary N) is 5. The van der Waals surface area contributed by atoms with E-state index in [9.17, 15) is 14.0 Å². The Balaban J connectivity index is 1.08. The molecule has 1 aliphatic carbocycles. The van der Waals surface area contributed by atoms with E-state index in [1.54, 1.807) is 42.5 Å². The molecule has 1 fully saturated rings. The third-order valence-corrected chi connectivity index (χ3v) is 6.71. The quantitative estimate of drug-likeness (QED) is 0.186. The molecule has 2 aromatic heterocycles. The van der Waals surface area contributed by atoms with Gasteiger partial charge < -0.3 is 20.4 Å². The molecule has 2 aliphatic rings. The van der Waals surface area contributed by atoms with E-state index in [4.69, 9.17) is 4.42 Å². The second-order valence-corrected chi connectivity index (χ2v) is 9.78. The molecular weight excluding hydrogens is 529 g/mol. The minimum Gasteiger partial charge on any atom is -0.436 e. The van der Waals surface area contributed by atoms with Crippen LogP contribution in [0, 0.1) is 5.92 Å². The maximum atomic E-state index is 13.2. The molecule has 13 heteroatoms. The fraction of sp³-hybridized carbons (Fsp3) is 0.250. The summed E-state index contributed by atoms with van der Waals surface area (Å²) in [4.78, 5) is 33.6. The Kier molecular flexibility index (Phi) is 7.27. The van der Waals surface area contributed by atoms with Gasteiger partial charge in [-0.3, -0.25) is 20.0 Å². The Hall–Kier alpha value is -4.88. The third kappa shape index (κ3) is 6.00. The predicted octanol–water partition coefficient (Wildman–Crippen LogP) is 2.52. The average molecular weight is 558 g/mol. The van der Waals surface area contributed by atoms with Crippen LogP contribution in [0.15, 0.2) is 76.4 Å². The highest BCUT2D eigenvalue weighted by atomic mass is 19.1. The van der Waals surface area contributed by atoms with Crippen LogP contribution in [-0.4, -0.2) is 59.0 Å². The van der Waals surface area contributed by atoms with Crippen molar-refractivity contribution in [1.82, 2.24) is 36.7 Å². The van der Waals surface area contributed by atoms with Gasteiger partial charge in [-0.05, 0) is 42.3 Å². The number of anilines is 1. The lowest BCUT2D eigenvalue weighted by molar-refractivity contribution is -0.117. The van der Waals surface area contributed by atoms with Crippen molar-refractivity contribution in [2.24, 2.45) is 11.0 Å². The van der Waals surface area contributed by atoms with E-state index < -0.39 is 12.1 Å². The van der Waals surface area contributed by atoms with Crippen LogP contribution >= 0.6 is 0 Å². The number of oxazole rings is 1. The molecule has 5 N–H and O–H groups in total. The number of amides is 2. The summed E-state index contributed by atoms with van der Waals surface area (Å²) in [6.07, 6.45) is 0.709. The van der Waals surface area contributed by atoms with Crippen LogP contribution in [-0.2, 0) is 4.79 Å². The smallest absolute Gasteiger partial charge is 0.269 e. The van der Waals surface area contributed by atoms with Crippen molar-refractivity contribution in [1.29, 1.82) is 0 Å². The Morgan fingerprint density at radius 3 is 2.73 bits per heavy atom. The van der Waals surface area contributed by atoms with Crippen LogP contribution in [0.2, 0.25) is 0 Å². The predicted molar refractivity (Wildman–Crippen MR) is 150 cm³/mol. The molecule has 0 bridgehead atoms. The Labute approximate surface area is 234 Å². The Bertz CT molecular complexity index is 1610. The number of nitrogens with zero attached hydrogens (tertiary/aromatic N) is 4. The number of benzene rings is 2. The van der Waals surface area contributed by atoms with Crippen LogP contribution in [0.3, 0.4) is 0 Å². The first kappa shape index (κ1) is 26.3. The number of carbonyl (C=O) groups is 2. The van der Waals surface area contributed by atoms with Crippen LogP contribution in [0.4, 0.5) is 10.1 Å². The highest BCUT2D eigenvalue weighted by molar-refractivity contribution is 5.96. The number of rotatable bonds is 10. The summed E-state index contributed by atoms with van der Waals surface area (Å²) >= 11 is 0. The van der Waals surface area contributed by atoms with Crippen molar-refractivity contribution in [3.05, 3.63) is 78.1 Å². The molecule has 3 atom stereocenters. The van der Waals surface area contributed by atoms with Gasteiger partial charge in [0.1, 0.15) is 17.4 Å². The summed E-state index contributed by atoms with van der Waals surface area (Å²) in [5.41, 5.74) is 9.34. The summed E-state index contributed by atoms with van der Waals surface area (Å²) in [6, 6.07) is 18.0. The van der Waals surface area contributed by atoms with Crippen molar-refractivity contribution >= 4 is 34.4 Å². The topological polar surface area (TPSA) is 149 Å². The molecule has 0 saturated heterocycles. The van der Waals surface area contributed by atoms with E-state index in [1.807, 2.05) is 30.3 Å². The monoisotopic (exact) mass is 557 g/mol. The second kappa shape index (κ2) is 11.3. The van der Waals surface area contributed by atoms with E-state index in [2.05, 4.69) is 42.0 Å². The molecule has 0 spiro atoms. The summed E-state index contributed by atoms with van der Waals surface area (Å²) in [6.45, 7) is 0.832. The molecule has 2 aromatic carbocycles. The third-order valence-electron chi connectivity index (χ3n) is 6.71.